The standard InChI is InChI=1S/C17H16FIN4O2/c18-11-6-7-12(13(19)8-11)16(24)22-23-17(25)15-9-14(20-21-15)10-4-2-1-3-5-10/h1-8,14-15,20-21H,9H2,(H,22,24)(H,23,25). The van der Waals surface area contributed by atoms with Crippen molar-refractivity contribution in [1.29, 1.82) is 0 Å². The van der Waals surface area contributed by atoms with Gasteiger partial charge in [-0.15, -0.1) is 0 Å². The van der Waals surface area contributed by atoms with Crippen LogP contribution in [0.4, 0.5) is 4.39 Å². The molecule has 1 fully saturated rings. The maximum atomic E-state index is 13.1. The Morgan fingerprint density at radius 3 is 2.56 bits per heavy atom. The highest BCUT2D eigenvalue weighted by Crippen LogP contribution is 2.21. The Morgan fingerprint density at radius 1 is 1.08 bits per heavy atom. The predicted molar refractivity (Wildman–Crippen MR) is 98.6 cm³/mol. The summed E-state index contributed by atoms with van der Waals surface area (Å²) in [5.74, 6) is -1.27. The van der Waals surface area contributed by atoms with Crippen molar-refractivity contribution in [1.82, 2.24) is 21.7 Å². The molecule has 1 heterocycles. The maximum absolute atomic E-state index is 13.1. The summed E-state index contributed by atoms with van der Waals surface area (Å²) < 4.78 is 13.6. The van der Waals surface area contributed by atoms with Crippen LogP contribution in [0.5, 0.6) is 0 Å². The number of amides is 2. The van der Waals surface area contributed by atoms with Crippen LogP contribution in [-0.2, 0) is 4.79 Å². The molecule has 8 heteroatoms. The fourth-order valence-corrected chi connectivity index (χ4v) is 3.30. The van der Waals surface area contributed by atoms with Gasteiger partial charge >= 0.3 is 0 Å². The average molecular weight is 454 g/mol. The van der Waals surface area contributed by atoms with E-state index in [-0.39, 0.29) is 11.9 Å². The third-order valence-electron chi connectivity index (χ3n) is 3.90. The summed E-state index contributed by atoms with van der Waals surface area (Å²) in [6.07, 6.45) is 0.555. The summed E-state index contributed by atoms with van der Waals surface area (Å²) in [4.78, 5) is 24.3. The highest BCUT2D eigenvalue weighted by molar-refractivity contribution is 14.1. The summed E-state index contributed by atoms with van der Waals surface area (Å²) in [6.45, 7) is 0. The molecule has 0 spiro atoms. The van der Waals surface area contributed by atoms with Gasteiger partial charge in [-0.05, 0) is 52.8 Å². The van der Waals surface area contributed by atoms with Crippen molar-refractivity contribution in [3.05, 3.63) is 69.0 Å². The molecule has 25 heavy (non-hydrogen) atoms. The number of carbonyl (C=O) groups is 2. The monoisotopic (exact) mass is 454 g/mol. The Kier molecular flexibility index (Phi) is 5.61. The average Bonchev–Trinajstić information content (AvgIpc) is 3.10. The van der Waals surface area contributed by atoms with Gasteiger partial charge in [-0.3, -0.25) is 20.4 Å². The predicted octanol–water partition coefficient (Wildman–Crippen LogP) is 1.80. The Balaban J connectivity index is 1.54. The van der Waals surface area contributed by atoms with E-state index in [1.165, 1.54) is 18.2 Å². The normalized spacial score (nSPS) is 19.4. The summed E-state index contributed by atoms with van der Waals surface area (Å²) in [6, 6.07) is 13.2. The molecule has 2 atom stereocenters. The van der Waals surface area contributed by atoms with Gasteiger partial charge in [-0.2, -0.15) is 0 Å². The van der Waals surface area contributed by atoms with E-state index in [0.29, 0.717) is 15.6 Å². The largest absolute Gasteiger partial charge is 0.271 e. The van der Waals surface area contributed by atoms with Crippen LogP contribution in [-0.4, -0.2) is 17.9 Å². The number of rotatable bonds is 3. The molecule has 2 aromatic rings. The summed E-state index contributed by atoms with van der Waals surface area (Å²) in [5.41, 5.74) is 12.1. The highest BCUT2D eigenvalue weighted by atomic mass is 127. The molecule has 2 amide bonds. The number of hydrazine groups is 2. The first-order valence-corrected chi connectivity index (χ1v) is 8.73. The van der Waals surface area contributed by atoms with Crippen LogP contribution in [0.3, 0.4) is 0 Å². The fraction of sp³-hybridized carbons (Fsp3) is 0.176. The molecule has 1 aliphatic rings. The molecular formula is C17H16FIN4O2. The number of hydrogen-bond acceptors (Lipinski definition) is 4. The van der Waals surface area contributed by atoms with Crippen LogP contribution in [0, 0.1) is 9.39 Å². The molecule has 1 aliphatic heterocycles. The van der Waals surface area contributed by atoms with Gasteiger partial charge in [-0.1, -0.05) is 30.3 Å². The molecular weight excluding hydrogens is 438 g/mol. The minimum atomic E-state index is -0.497. The number of hydrogen-bond donors (Lipinski definition) is 4. The summed E-state index contributed by atoms with van der Waals surface area (Å²) in [5, 5.41) is 0. The molecule has 2 aromatic carbocycles. The summed E-state index contributed by atoms with van der Waals surface area (Å²) in [7, 11) is 0. The van der Waals surface area contributed by atoms with Crippen molar-refractivity contribution in [3.8, 4) is 0 Å². The van der Waals surface area contributed by atoms with Crippen LogP contribution in [0.15, 0.2) is 48.5 Å². The zero-order valence-corrected chi connectivity index (χ0v) is 15.2. The molecule has 6 nitrogen and oxygen atoms in total. The van der Waals surface area contributed by atoms with E-state index in [2.05, 4.69) is 21.7 Å². The van der Waals surface area contributed by atoms with E-state index in [0.717, 1.165) is 5.56 Å². The van der Waals surface area contributed by atoms with Gasteiger partial charge in [0.1, 0.15) is 11.9 Å². The van der Waals surface area contributed by atoms with Crippen LogP contribution < -0.4 is 21.7 Å². The van der Waals surface area contributed by atoms with Crippen molar-refractivity contribution in [2.75, 3.05) is 0 Å². The molecule has 0 aromatic heterocycles. The van der Waals surface area contributed by atoms with Crippen molar-refractivity contribution >= 4 is 34.4 Å². The third kappa shape index (κ3) is 4.33. The quantitative estimate of drug-likeness (QED) is 0.421. The zero-order valence-electron chi connectivity index (χ0n) is 13.1. The first-order chi connectivity index (χ1) is 12.0. The van der Waals surface area contributed by atoms with E-state index in [9.17, 15) is 14.0 Å². The highest BCUT2D eigenvalue weighted by Gasteiger charge is 2.30. The zero-order chi connectivity index (χ0) is 17.8. The topological polar surface area (TPSA) is 82.3 Å². The van der Waals surface area contributed by atoms with Crippen LogP contribution in [0.1, 0.15) is 28.4 Å². The lowest BCUT2D eigenvalue weighted by Crippen LogP contribution is -2.50. The van der Waals surface area contributed by atoms with Gasteiger partial charge in [0.25, 0.3) is 11.8 Å². The van der Waals surface area contributed by atoms with Gasteiger partial charge in [0.05, 0.1) is 5.56 Å². The SMILES string of the molecule is O=C(NNC(=O)C1CC(c2ccccc2)NN1)c1ccc(F)cc1I. The van der Waals surface area contributed by atoms with E-state index in [1.54, 1.807) is 0 Å². The molecule has 130 valence electrons. The van der Waals surface area contributed by atoms with E-state index in [4.69, 9.17) is 0 Å². The number of halogens is 2. The van der Waals surface area contributed by atoms with Crippen LogP contribution in [0.25, 0.3) is 0 Å². The Hall–Kier alpha value is -2.04. The molecule has 0 bridgehead atoms. The van der Waals surface area contributed by atoms with Crippen molar-refractivity contribution in [2.24, 2.45) is 0 Å². The van der Waals surface area contributed by atoms with E-state index < -0.39 is 17.8 Å². The molecule has 1 saturated heterocycles. The first kappa shape index (κ1) is 17.8. The smallest absolute Gasteiger partial charge is 0.270 e. The number of carbonyl (C=O) groups excluding carboxylic acids is 2. The van der Waals surface area contributed by atoms with Gasteiger partial charge < -0.3 is 0 Å². The number of benzene rings is 2. The van der Waals surface area contributed by atoms with Gasteiger partial charge in [-0.25, -0.2) is 15.2 Å². The lowest BCUT2D eigenvalue weighted by atomic mass is 10.0. The Bertz CT molecular complexity index is 787. The second-order valence-corrected chi connectivity index (χ2v) is 6.77. The second kappa shape index (κ2) is 7.89. The minimum Gasteiger partial charge on any atom is -0.271 e. The molecule has 0 radical (unpaired) electrons. The van der Waals surface area contributed by atoms with E-state index >= 15 is 0 Å². The van der Waals surface area contributed by atoms with Crippen molar-refractivity contribution in [3.63, 3.8) is 0 Å². The van der Waals surface area contributed by atoms with Crippen LogP contribution >= 0.6 is 22.6 Å². The second-order valence-electron chi connectivity index (χ2n) is 5.61. The van der Waals surface area contributed by atoms with Gasteiger partial charge in [0.2, 0.25) is 0 Å². The minimum absolute atomic E-state index is 0.0192. The van der Waals surface area contributed by atoms with Gasteiger partial charge in [0, 0.05) is 9.61 Å². The fourth-order valence-electron chi connectivity index (χ4n) is 2.58. The lowest BCUT2D eigenvalue weighted by Gasteiger charge is -2.12. The molecule has 2 unspecified atom stereocenters. The molecule has 0 aliphatic carbocycles. The summed E-state index contributed by atoms with van der Waals surface area (Å²) >= 11 is 1.87. The molecule has 3 rings (SSSR count). The maximum Gasteiger partial charge on any atom is 0.270 e. The Morgan fingerprint density at radius 2 is 1.84 bits per heavy atom. The van der Waals surface area contributed by atoms with Gasteiger partial charge in [0.15, 0.2) is 0 Å². The molecule has 4 N–H and O–H groups in total. The molecule has 0 saturated carbocycles. The van der Waals surface area contributed by atoms with Crippen molar-refractivity contribution < 1.29 is 14.0 Å². The van der Waals surface area contributed by atoms with E-state index in [1.807, 2.05) is 52.9 Å². The first-order valence-electron chi connectivity index (χ1n) is 7.66. The van der Waals surface area contributed by atoms with Crippen LogP contribution in [0.2, 0.25) is 0 Å². The Labute approximate surface area is 157 Å². The lowest BCUT2D eigenvalue weighted by molar-refractivity contribution is -0.123. The number of nitrogens with one attached hydrogen (secondary N) is 4. The third-order valence-corrected chi connectivity index (χ3v) is 4.79. The van der Waals surface area contributed by atoms with Crippen molar-refractivity contribution in [2.45, 2.75) is 18.5 Å².